The zero-order valence-electron chi connectivity index (χ0n) is 11.6. The summed E-state index contributed by atoms with van der Waals surface area (Å²) in [5.41, 5.74) is 1.62. The van der Waals surface area contributed by atoms with Gasteiger partial charge in [-0.3, -0.25) is 4.79 Å². The van der Waals surface area contributed by atoms with Gasteiger partial charge in [-0.25, -0.2) is 0 Å². The molecule has 0 N–H and O–H groups in total. The maximum absolute atomic E-state index is 12.3. The zero-order valence-corrected chi connectivity index (χ0v) is 11.6. The van der Waals surface area contributed by atoms with Gasteiger partial charge in [0.05, 0.1) is 18.1 Å². The molecule has 2 rings (SSSR count). The number of carbonyl (C=O) groups is 1. The number of carbonyl (C=O) groups excluding carboxylic acids is 1. The Balaban J connectivity index is 1.98. The number of likely N-dealkylation sites (tertiary alicyclic amines) is 1. The summed E-state index contributed by atoms with van der Waals surface area (Å²) < 4.78 is 0. The van der Waals surface area contributed by atoms with E-state index in [-0.39, 0.29) is 5.91 Å². The van der Waals surface area contributed by atoms with Crippen LogP contribution in [0, 0.1) is 23.2 Å². The zero-order chi connectivity index (χ0) is 13.8. The smallest absolute Gasteiger partial charge is 0.227 e. The van der Waals surface area contributed by atoms with Crippen molar-refractivity contribution in [2.24, 2.45) is 11.8 Å². The second-order valence-corrected chi connectivity index (χ2v) is 5.73. The Morgan fingerprint density at radius 2 is 1.84 bits per heavy atom. The predicted molar refractivity (Wildman–Crippen MR) is 74.4 cm³/mol. The first kappa shape index (κ1) is 13.6. The van der Waals surface area contributed by atoms with E-state index >= 15 is 0 Å². The third-order valence-electron chi connectivity index (χ3n) is 3.66. The highest BCUT2D eigenvalue weighted by Crippen LogP contribution is 2.21. The SMILES string of the molecule is CC1CC(C)CN(C(=O)Cc2ccc(C#N)cc2)C1. The van der Waals surface area contributed by atoms with Gasteiger partial charge in [0.2, 0.25) is 5.91 Å². The molecule has 1 amide bonds. The monoisotopic (exact) mass is 256 g/mol. The Bertz CT molecular complexity index is 476. The molecular weight excluding hydrogens is 236 g/mol. The topological polar surface area (TPSA) is 44.1 Å². The van der Waals surface area contributed by atoms with Crippen LogP contribution in [0.5, 0.6) is 0 Å². The molecule has 100 valence electrons. The van der Waals surface area contributed by atoms with Crippen LogP contribution in [0.4, 0.5) is 0 Å². The first-order valence-electron chi connectivity index (χ1n) is 6.85. The van der Waals surface area contributed by atoms with Crippen LogP contribution in [-0.4, -0.2) is 23.9 Å². The summed E-state index contributed by atoms with van der Waals surface area (Å²) in [6.07, 6.45) is 1.64. The van der Waals surface area contributed by atoms with Crippen LogP contribution < -0.4 is 0 Å². The van der Waals surface area contributed by atoms with Gasteiger partial charge in [0.1, 0.15) is 0 Å². The fraction of sp³-hybridized carbons (Fsp3) is 0.500. The van der Waals surface area contributed by atoms with Crippen LogP contribution >= 0.6 is 0 Å². The molecule has 1 saturated heterocycles. The Hall–Kier alpha value is -1.82. The number of benzene rings is 1. The lowest BCUT2D eigenvalue weighted by molar-refractivity contribution is -0.133. The Labute approximate surface area is 114 Å². The molecule has 1 fully saturated rings. The summed E-state index contributed by atoms with van der Waals surface area (Å²) in [4.78, 5) is 14.3. The standard InChI is InChI=1S/C16H20N2O/c1-12-7-13(2)11-18(10-12)16(19)8-14-3-5-15(9-17)6-4-14/h3-6,12-13H,7-8,10-11H2,1-2H3. The van der Waals surface area contributed by atoms with Gasteiger partial charge in [-0.2, -0.15) is 5.26 Å². The van der Waals surface area contributed by atoms with E-state index in [1.165, 1.54) is 6.42 Å². The summed E-state index contributed by atoms with van der Waals surface area (Å²) in [7, 11) is 0. The fourth-order valence-corrected chi connectivity index (χ4v) is 2.85. The maximum Gasteiger partial charge on any atom is 0.227 e. The predicted octanol–water partition coefficient (Wildman–Crippen LogP) is 2.61. The highest BCUT2D eigenvalue weighted by Gasteiger charge is 2.25. The molecule has 3 heteroatoms. The lowest BCUT2D eigenvalue weighted by atomic mass is 9.91. The molecule has 1 aromatic carbocycles. The first-order valence-corrected chi connectivity index (χ1v) is 6.85. The van der Waals surface area contributed by atoms with Crippen molar-refractivity contribution in [3.05, 3.63) is 35.4 Å². The van der Waals surface area contributed by atoms with Gasteiger partial charge in [-0.05, 0) is 36.0 Å². The summed E-state index contributed by atoms with van der Waals surface area (Å²) >= 11 is 0. The molecule has 0 aliphatic carbocycles. The largest absolute Gasteiger partial charge is 0.342 e. The Morgan fingerprint density at radius 3 is 2.37 bits per heavy atom. The molecule has 1 aliphatic rings. The van der Waals surface area contributed by atoms with E-state index in [9.17, 15) is 4.79 Å². The van der Waals surface area contributed by atoms with Crippen LogP contribution in [0.3, 0.4) is 0 Å². The molecule has 0 bridgehead atoms. The third kappa shape index (κ3) is 3.57. The summed E-state index contributed by atoms with van der Waals surface area (Å²) in [5.74, 6) is 1.38. The number of rotatable bonds is 2. The highest BCUT2D eigenvalue weighted by molar-refractivity contribution is 5.79. The van der Waals surface area contributed by atoms with Crippen LogP contribution in [-0.2, 0) is 11.2 Å². The number of nitriles is 1. The van der Waals surface area contributed by atoms with Gasteiger partial charge in [0.25, 0.3) is 0 Å². The second-order valence-electron chi connectivity index (χ2n) is 5.73. The van der Waals surface area contributed by atoms with Crippen molar-refractivity contribution in [1.82, 2.24) is 4.90 Å². The van der Waals surface area contributed by atoms with E-state index in [0.717, 1.165) is 18.7 Å². The highest BCUT2D eigenvalue weighted by atomic mass is 16.2. The van der Waals surface area contributed by atoms with Crippen LogP contribution in [0.2, 0.25) is 0 Å². The molecule has 3 nitrogen and oxygen atoms in total. The number of nitrogens with zero attached hydrogens (tertiary/aromatic N) is 2. The quantitative estimate of drug-likeness (QED) is 0.816. The summed E-state index contributed by atoms with van der Waals surface area (Å²) in [6, 6.07) is 9.36. The van der Waals surface area contributed by atoms with E-state index in [2.05, 4.69) is 19.9 Å². The number of hydrogen-bond acceptors (Lipinski definition) is 2. The normalized spacial score (nSPS) is 22.9. The van der Waals surface area contributed by atoms with E-state index in [4.69, 9.17) is 5.26 Å². The fourth-order valence-electron chi connectivity index (χ4n) is 2.85. The van der Waals surface area contributed by atoms with Crippen molar-refractivity contribution in [3.8, 4) is 6.07 Å². The van der Waals surface area contributed by atoms with Crippen molar-refractivity contribution >= 4 is 5.91 Å². The third-order valence-corrected chi connectivity index (χ3v) is 3.66. The molecule has 2 unspecified atom stereocenters. The lowest BCUT2D eigenvalue weighted by Gasteiger charge is -2.35. The molecule has 1 heterocycles. The number of hydrogen-bond donors (Lipinski definition) is 0. The number of amides is 1. The molecule has 1 aliphatic heterocycles. The molecule has 0 radical (unpaired) electrons. The first-order chi connectivity index (χ1) is 9.08. The Kier molecular flexibility index (Phi) is 4.21. The van der Waals surface area contributed by atoms with Gasteiger partial charge in [0.15, 0.2) is 0 Å². The molecule has 1 aromatic rings. The van der Waals surface area contributed by atoms with Crippen LogP contribution in [0.1, 0.15) is 31.4 Å². The lowest BCUT2D eigenvalue weighted by Crippen LogP contribution is -2.43. The van der Waals surface area contributed by atoms with Gasteiger partial charge < -0.3 is 4.90 Å². The molecule has 19 heavy (non-hydrogen) atoms. The van der Waals surface area contributed by atoms with E-state index in [1.54, 1.807) is 12.1 Å². The van der Waals surface area contributed by atoms with E-state index in [0.29, 0.717) is 23.8 Å². The average Bonchev–Trinajstić information content (AvgIpc) is 2.38. The minimum atomic E-state index is 0.197. The van der Waals surface area contributed by atoms with E-state index < -0.39 is 0 Å². The van der Waals surface area contributed by atoms with Gasteiger partial charge >= 0.3 is 0 Å². The molecular formula is C16H20N2O. The average molecular weight is 256 g/mol. The minimum Gasteiger partial charge on any atom is -0.342 e. The molecule has 0 spiro atoms. The Morgan fingerprint density at radius 1 is 1.26 bits per heavy atom. The van der Waals surface area contributed by atoms with Gasteiger partial charge in [0, 0.05) is 13.1 Å². The molecule has 0 aromatic heterocycles. The van der Waals surface area contributed by atoms with Crippen molar-refractivity contribution in [2.75, 3.05) is 13.1 Å². The van der Waals surface area contributed by atoms with Crippen molar-refractivity contribution in [1.29, 1.82) is 5.26 Å². The second kappa shape index (κ2) is 5.88. The van der Waals surface area contributed by atoms with Crippen molar-refractivity contribution in [2.45, 2.75) is 26.7 Å². The summed E-state index contributed by atoms with van der Waals surface area (Å²) in [6.45, 7) is 6.16. The minimum absolute atomic E-state index is 0.197. The maximum atomic E-state index is 12.3. The summed E-state index contributed by atoms with van der Waals surface area (Å²) in [5, 5.41) is 8.75. The van der Waals surface area contributed by atoms with Crippen LogP contribution in [0.25, 0.3) is 0 Å². The van der Waals surface area contributed by atoms with Crippen LogP contribution in [0.15, 0.2) is 24.3 Å². The van der Waals surface area contributed by atoms with Gasteiger partial charge in [-0.1, -0.05) is 26.0 Å². The van der Waals surface area contributed by atoms with Gasteiger partial charge in [-0.15, -0.1) is 0 Å². The molecule has 0 saturated carbocycles. The van der Waals surface area contributed by atoms with E-state index in [1.807, 2.05) is 17.0 Å². The van der Waals surface area contributed by atoms with Crippen molar-refractivity contribution < 1.29 is 4.79 Å². The molecule has 2 atom stereocenters. The number of piperidine rings is 1. The van der Waals surface area contributed by atoms with Crippen molar-refractivity contribution in [3.63, 3.8) is 0 Å².